The van der Waals surface area contributed by atoms with E-state index in [0.29, 0.717) is 39.2 Å². The Morgan fingerprint density at radius 1 is 1.24 bits per heavy atom. The van der Waals surface area contributed by atoms with Crippen LogP contribution in [0.25, 0.3) is 21.9 Å². The Balaban J connectivity index is 1.06. The summed E-state index contributed by atoms with van der Waals surface area (Å²) in [5.74, 6) is -0.173. The van der Waals surface area contributed by atoms with Gasteiger partial charge in [-0.15, -0.1) is 0 Å². The van der Waals surface area contributed by atoms with Gasteiger partial charge in [-0.05, 0) is 55.7 Å². The highest BCUT2D eigenvalue weighted by molar-refractivity contribution is 5.99. The van der Waals surface area contributed by atoms with Gasteiger partial charge in [0.1, 0.15) is 11.9 Å². The van der Waals surface area contributed by atoms with Crippen LogP contribution in [0.15, 0.2) is 24.5 Å². The summed E-state index contributed by atoms with van der Waals surface area (Å²) in [5, 5.41) is 7.29. The molecule has 2 aromatic heterocycles. The van der Waals surface area contributed by atoms with Gasteiger partial charge in [0.25, 0.3) is 0 Å². The molecule has 0 radical (unpaired) electrons. The van der Waals surface area contributed by atoms with Crippen LogP contribution in [0.4, 0.5) is 26.4 Å². The number of carbonyl (C=O) groups is 1. The van der Waals surface area contributed by atoms with Crippen LogP contribution < -0.4 is 16.4 Å². The fourth-order valence-electron chi connectivity index (χ4n) is 6.42. The third kappa shape index (κ3) is 3.85. The van der Waals surface area contributed by atoms with Gasteiger partial charge in [-0.25, -0.2) is 14.2 Å². The Hall–Kier alpha value is -3.50. The van der Waals surface area contributed by atoms with E-state index in [1.54, 1.807) is 18.3 Å². The van der Waals surface area contributed by atoms with E-state index in [0.717, 1.165) is 75.5 Å². The minimum absolute atomic E-state index is 0.0204. The average Bonchev–Trinajstić information content (AvgIpc) is 2.83. The van der Waals surface area contributed by atoms with Crippen molar-refractivity contribution in [3.63, 3.8) is 0 Å². The van der Waals surface area contributed by atoms with Crippen molar-refractivity contribution >= 4 is 34.1 Å². The molecule has 1 spiro atoms. The molecule has 0 atom stereocenters. The summed E-state index contributed by atoms with van der Waals surface area (Å²) in [6.45, 7) is 6.62. The third-order valence-corrected chi connectivity index (χ3v) is 8.64. The van der Waals surface area contributed by atoms with Crippen LogP contribution in [0.3, 0.4) is 0 Å². The number of halogens is 1. The minimum atomic E-state index is -0.531. The Morgan fingerprint density at radius 2 is 2.05 bits per heavy atom. The van der Waals surface area contributed by atoms with E-state index >= 15 is 4.39 Å². The number of ether oxygens (including phenoxy) is 2. The molecule has 198 valence electrons. The molecule has 2 saturated heterocycles. The maximum Gasteiger partial charge on any atom is 0.413 e. The van der Waals surface area contributed by atoms with Gasteiger partial charge in [-0.1, -0.05) is 0 Å². The summed E-state index contributed by atoms with van der Waals surface area (Å²) in [6, 6.07) is 4.00. The van der Waals surface area contributed by atoms with Crippen LogP contribution >= 0.6 is 0 Å². The minimum Gasteiger partial charge on any atom is -0.446 e. The highest BCUT2D eigenvalue weighted by atomic mass is 19.1. The van der Waals surface area contributed by atoms with Crippen molar-refractivity contribution in [2.75, 3.05) is 49.2 Å². The molecule has 3 fully saturated rings. The second kappa shape index (κ2) is 8.78. The van der Waals surface area contributed by atoms with E-state index in [4.69, 9.17) is 15.2 Å². The topological polar surface area (TPSA) is 115 Å². The van der Waals surface area contributed by atoms with Gasteiger partial charge >= 0.3 is 6.09 Å². The summed E-state index contributed by atoms with van der Waals surface area (Å²) in [4.78, 5) is 23.9. The van der Waals surface area contributed by atoms with Gasteiger partial charge in [-0.2, -0.15) is 0 Å². The van der Waals surface area contributed by atoms with Gasteiger partial charge in [0.05, 0.1) is 36.3 Å². The monoisotopic (exact) mass is 518 g/mol. The Morgan fingerprint density at radius 3 is 2.82 bits per heavy atom. The molecule has 0 unspecified atom stereocenters. The number of hydrogen-bond acceptors (Lipinski definition) is 8. The maximum absolute atomic E-state index is 15.4. The van der Waals surface area contributed by atoms with Crippen molar-refractivity contribution < 1.29 is 18.7 Å². The van der Waals surface area contributed by atoms with E-state index in [9.17, 15) is 4.79 Å². The number of likely N-dealkylation sites (tertiary alicyclic amines) is 1. The molecule has 4 aliphatic rings. The molecule has 0 bridgehead atoms. The zero-order valence-electron chi connectivity index (χ0n) is 21.3. The number of carbonyl (C=O) groups excluding carboxylic acids is 1. The molecule has 7 rings (SSSR count). The van der Waals surface area contributed by atoms with Crippen molar-refractivity contribution in [2.45, 2.75) is 44.8 Å². The molecule has 4 N–H and O–H groups in total. The fourth-order valence-corrected chi connectivity index (χ4v) is 6.42. The number of hydrogen-bond donors (Lipinski definition) is 3. The number of nitrogens with one attached hydrogen (secondary N) is 2. The van der Waals surface area contributed by atoms with Crippen molar-refractivity contribution in [2.24, 2.45) is 5.41 Å². The average molecular weight is 519 g/mol. The standard InChI is InChI=1S/C28H31FN6O3/c1-15-20(9-32-22-3-2-4-31-26(15)22)19-5-16-6-23(33-10-21(16)25(30)24(19)29)34-27(36)38-18-7-28(8-18)13-35(14-28)17-11-37-12-17/h5-6,9-10,17-18,31H,2-4,7-8,11-14,30H2,1H3,(H,33,34,36). The second-order valence-electron chi connectivity index (χ2n) is 11.2. The number of amides is 1. The highest BCUT2D eigenvalue weighted by Gasteiger charge is 2.55. The van der Waals surface area contributed by atoms with E-state index in [1.807, 2.05) is 6.92 Å². The van der Waals surface area contributed by atoms with Gasteiger partial charge in [0, 0.05) is 54.0 Å². The van der Waals surface area contributed by atoms with Crippen molar-refractivity contribution in [3.8, 4) is 11.1 Å². The van der Waals surface area contributed by atoms with Crippen LogP contribution in [0.5, 0.6) is 0 Å². The lowest BCUT2D eigenvalue weighted by Gasteiger charge is -2.61. The van der Waals surface area contributed by atoms with E-state index < -0.39 is 11.9 Å². The summed E-state index contributed by atoms with van der Waals surface area (Å²) in [7, 11) is 0. The van der Waals surface area contributed by atoms with Crippen molar-refractivity contribution in [3.05, 3.63) is 41.6 Å². The van der Waals surface area contributed by atoms with Crippen LogP contribution in [0, 0.1) is 18.2 Å². The van der Waals surface area contributed by atoms with Gasteiger partial charge in [0.15, 0.2) is 5.82 Å². The SMILES string of the molecule is Cc1c(-c2cc3cc(NC(=O)OC4CC5(C4)CN(C4COC4)C5)ncc3c(N)c2F)cnc2c1NCCC2. The molecule has 1 aliphatic carbocycles. The van der Waals surface area contributed by atoms with E-state index in [-0.39, 0.29) is 11.8 Å². The molecule has 10 heteroatoms. The Kier molecular flexibility index (Phi) is 5.45. The lowest BCUT2D eigenvalue weighted by atomic mass is 9.61. The number of pyridine rings is 2. The van der Waals surface area contributed by atoms with Crippen molar-refractivity contribution in [1.82, 2.24) is 14.9 Å². The predicted molar refractivity (Wildman–Crippen MR) is 143 cm³/mol. The van der Waals surface area contributed by atoms with Crippen LogP contribution in [0.1, 0.15) is 30.5 Å². The number of benzene rings is 1. The molecule has 38 heavy (non-hydrogen) atoms. The van der Waals surface area contributed by atoms with E-state index in [2.05, 4.69) is 25.5 Å². The first-order valence-electron chi connectivity index (χ1n) is 13.3. The fraction of sp³-hybridized carbons (Fsp3) is 0.464. The number of anilines is 3. The lowest BCUT2D eigenvalue weighted by Crippen LogP contribution is -2.69. The summed E-state index contributed by atoms with van der Waals surface area (Å²) in [6.07, 6.45) is 6.29. The second-order valence-corrected chi connectivity index (χ2v) is 11.2. The zero-order valence-corrected chi connectivity index (χ0v) is 21.3. The van der Waals surface area contributed by atoms with Crippen LogP contribution in [-0.2, 0) is 15.9 Å². The number of aryl methyl sites for hydroxylation is 1. The normalized spacial score (nSPS) is 20.7. The first kappa shape index (κ1) is 23.6. The lowest BCUT2D eigenvalue weighted by molar-refractivity contribution is -0.181. The molecule has 1 amide bonds. The first-order valence-corrected chi connectivity index (χ1v) is 13.3. The molecule has 1 aromatic carbocycles. The number of nitrogens with two attached hydrogens (primary N) is 1. The van der Waals surface area contributed by atoms with Crippen molar-refractivity contribution in [1.29, 1.82) is 0 Å². The van der Waals surface area contributed by atoms with Gasteiger partial charge in [0.2, 0.25) is 0 Å². The molecule has 9 nitrogen and oxygen atoms in total. The summed E-state index contributed by atoms with van der Waals surface area (Å²) in [5.41, 5.74) is 10.5. The maximum atomic E-state index is 15.4. The smallest absolute Gasteiger partial charge is 0.413 e. The molecule has 1 saturated carbocycles. The Labute approximate surface area is 219 Å². The highest BCUT2D eigenvalue weighted by Crippen LogP contribution is 2.50. The predicted octanol–water partition coefficient (Wildman–Crippen LogP) is 4.10. The third-order valence-electron chi connectivity index (χ3n) is 8.64. The molecular weight excluding hydrogens is 487 g/mol. The number of rotatable bonds is 4. The number of fused-ring (bicyclic) bond motifs is 2. The first-order chi connectivity index (χ1) is 18.4. The Bertz CT molecular complexity index is 1440. The summed E-state index contributed by atoms with van der Waals surface area (Å²) < 4.78 is 26.3. The number of nitrogens with zero attached hydrogens (tertiary/aromatic N) is 3. The van der Waals surface area contributed by atoms with Crippen LogP contribution in [-0.4, -0.2) is 66.0 Å². The van der Waals surface area contributed by atoms with Gasteiger partial charge < -0.3 is 20.5 Å². The molecule has 5 heterocycles. The summed E-state index contributed by atoms with van der Waals surface area (Å²) >= 11 is 0. The quantitative estimate of drug-likeness (QED) is 0.443. The number of nitrogen functional groups attached to an aromatic ring is 1. The van der Waals surface area contributed by atoms with Crippen LogP contribution in [0.2, 0.25) is 0 Å². The number of aromatic nitrogens is 2. The van der Waals surface area contributed by atoms with Gasteiger partial charge in [-0.3, -0.25) is 15.2 Å². The zero-order chi connectivity index (χ0) is 26.0. The largest absolute Gasteiger partial charge is 0.446 e. The van der Waals surface area contributed by atoms with E-state index in [1.165, 1.54) is 6.20 Å². The molecule has 3 aromatic rings. The molecular formula is C28H31FN6O3. The molecule has 3 aliphatic heterocycles.